The zero-order chi connectivity index (χ0) is 13.7. The fourth-order valence-corrected chi connectivity index (χ4v) is 2.18. The van der Waals surface area contributed by atoms with Crippen LogP contribution in [0.4, 0.5) is 0 Å². The van der Waals surface area contributed by atoms with Gasteiger partial charge >= 0.3 is 0 Å². The van der Waals surface area contributed by atoms with Crippen LogP contribution in [-0.2, 0) is 14.3 Å². The summed E-state index contributed by atoms with van der Waals surface area (Å²) in [7, 11) is 1.81. The molecule has 0 aromatic carbocycles. The Balaban J connectivity index is 2.71. The Labute approximate surface area is 108 Å². The predicted molar refractivity (Wildman–Crippen MR) is 67.8 cm³/mol. The van der Waals surface area contributed by atoms with Crippen molar-refractivity contribution in [1.82, 2.24) is 10.2 Å². The Hall–Kier alpha value is -1.14. The standard InChI is InChI=1S/C12H23N3O3/c1-8(2)4-15(5-11(13)16)12(17)9-6-18-7-10(9)14-3/h8-10,14H,4-7H2,1-3H3,(H2,13,16). The van der Waals surface area contributed by atoms with Gasteiger partial charge in [-0.15, -0.1) is 0 Å². The number of carbonyl (C=O) groups is 2. The van der Waals surface area contributed by atoms with Gasteiger partial charge in [-0.25, -0.2) is 0 Å². The van der Waals surface area contributed by atoms with Crippen molar-refractivity contribution < 1.29 is 14.3 Å². The third kappa shape index (κ3) is 3.96. The lowest BCUT2D eigenvalue weighted by Crippen LogP contribution is -2.48. The largest absolute Gasteiger partial charge is 0.379 e. The van der Waals surface area contributed by atoms with E-state index in [1.54, 1.807) is 7.05 Å². The first-order valence-corrected chi connectivity index (χ1v) is 6.27. The molecule has 3 N–H and O–H groups in total. The highest BCUT2D eigenvalue weighted by molar-refractivity contribution is 5.85. The Morgan fingerprint density at radius 3 is 2.61 bits per heavy atom. The van der Waals surface area contributed by atoms with Crippen molar-refractivity contribution in [2.75, 3.05) is 33.4 Å². The van der Waals surface area contributed by atoms with Crippen LogP contribution < -0.4 is 11.1 Å². The summed E-state index contributed by atoms with van der Waals surface area (Å²) in [6, 6.07) is 0.0139. The van der Waals surface area contributed by atoms with Gasteiger partial charge in [-0.3, -0.25) is 9.59 Å². The monoisotopic (exact) mass is 257 g/mol. The van der Waals surface area contributed by atoms with Crippen molar-refractivity contribution in [3.63, 3.8) is 0 Å². The van der Waals surface area contributed by atoms with E-state index in [4.69, 9.17) is 10.5 Å². The molecule has 1 saturated heterocycles. The smallest absolute Gasteiger partial charge is 0.237 e. The van der Waals surface area contributed by atoms with Crippen molar-refractivity contribution in [3.05, 3.63) is 0 Å². The van der Waals surface area contributed by atoms with Gasteiger partial charge in [0.05, 0.1) is 25.7 Å². The van der Waals surface area contributed by atoms with E-state index in [0.29, 0.717) is 25.7 Å². The van der Waals surface area contributed by atoms with E-state index < -0.39 is 5.91 Å². The van der Waals surface area contributed by atoms with Gasteiger partial charge in [-0.05, 0) is 13.0 Å². The molecule has 2 atom stereocenters. The zero-order valence-corrected chi connectivity index (χ0v) is 11.3. The van der Waals surface area contributed by atoms with Crippen LogP contribution in [0, 0.1) is 11.8 Å². The van der Waals surface area contributed by atoms with Gasteiger partial charge in [-0.1, -0.05) is 13.8 Å². The Morgan fingerprint density at radius 1 is 1.44 bits per heavy atom. The summed E-state index contributed by atoms with van der Waals surface area (Å²) in [5.74, 6) is -0.472. The molecule has 1 aliphatic rings. The van der Waals surface area contributed by atoms with E-state index in [-0.39, 0.29) is 24.4 Å². The molecule has 6 nitrogen and oxygen atoms in total. The van der Waals surface area contributed by atoms with E-state index in [1.165, 1.54) is 4.90 Å². The maximum atomic E-state index is 12.4. The topological polar surface area (TPSA) is 84.7 Å². The predicted octanol–water partition coefficient (Wildman–Crippen LogP) is -0.809. The van der Waals surface area contributed by atoms with Crippen LogP contribution >= 0.6 is 0 Å². The third-order valence-electron chi connectivity index (χ3n) is 3.01. The minimum Gasteiger partial charge on any atom is -0.379 e. The number of ether oxygens (including phenoxy) is 1. The van der Waals surface area contributed by atoms with Gasteiger partial charge < -0.3 is 20.7 Å². The maximum absolute atomic E-state index is 12.4. The van der Waals surface area contributed by atoms with Gasteiger partial charge in [0, 0.05) is 12.6 Å². The number of carbonyl (C=O) groups excluding carboxylic acids is 2. The molecule has 0 spiro atoms. The SMILES string of the molecule is CNC1COCC1C(=O)N(CC(N)=O)CC(C)C. The molecule has 1 heterocycles. The first-order chi connectivity index (χ1) is 8.45. The second kappa shape index (κ2) is 6.70. The number of hydrogen-bond acceptors (Lipinski definition) is 4. The average molecular weight is 257 g/mol. The number of amides is 2. The van der Waals surface area contributed by atoms with Gasteiger partial charge in [0.25, 0.3) is 0 Å². The lowest BCUT2D eigenvalue weighted by Gasteiger charge is -2.27. The molecular weight excluding hydrogens is 234 g/mol. The van der Waals surface area contributed by atoms with Crippen LogP contribution in [0.25, 0.3) is 0 Å². The molecule has 1 rings (SSSR count). The van der Waals surface area contributed by atoms with E-state index in [1.807, 2.05) is 13.8 Å². The lowest BCUT2D eigenvalue weighted by atomic mass is 10.0. The van der Waals surface area contributed by atoms with Crippen LogP contribution in [0.15, 0.2) is 0 Å². The van der Waals surface area contributed by atoms with Crippen molar-refractivity contribution in [2.45, 2.75) is 19.9 Å². The van der Waals surface area contributed by atoms with Crippen LogP contribution in [0.1, 0.15) is 13.8 Å². The highest BCUT2D eigenvalue weighted by Crippen LogP contribution is 2.17. The number of hydrogen-bond donors (Lipinski definition) is 2. The second-order valence-electron chi connectivity index (χ2n) is 5.12. The van der Waals surface area contributed by atoms with Crippen molar-refractivity contribution >= 4 is 11.8 Å². The molecule has 0 saturated carbocycles. The summed E-state index contributed by atoms with van der Waals surface area (Å²) in [5, 5.41) is 3.07. The highest BCUT2D eigenvalue weighted by Gasteiger charge is 2.36. The minimum atomic E-state index is -0.482. The van der Waals surface area contributed by atoms with Crippen LogP contribution in [0.2, 0.25) is 0 Å². The lowest BCUT2D eigenvalue weighted by molar-refractivity contribution is -0.139. The van der Waals surface area contributed by atoms with E-state index in [9.17, 15) is 9.59 Å². The van der Waals surface area contributed by atoms with Gasteiger partial charge in [0.15, 0.2) is 0 Å². The summed E-state index contributed by atoms with van der Waals surface area (Å²) in [4.78, 5) is 25.0. The molecular formula is C12H23N3O3. The molecule has 2 unspecified atom stereocenters. The summed E-state index contributed by atoms with van der Waals surface area (Å²) >= 11 is 0. The number of nitrogens with two attached hydrogens (primary N) is 1. The van der Waals surface area contributed by atoms with Crippen molar-refractivity contribution in [1.29, 1.82) is 0 Å². The molecule has 1 aliphatic heterocycles. The molecule has 2 amide bonds. The van der Waals surface area contributed by atoms with Gasteiger partial charge in [0.2, 0.25) is 11.8 Å². The molecule has 0 aromatic rings. The zero-order valence-electron chi connectivity index (χ0n) is 11.3. The fourth-order valence-electron chi connectivity index (χ4n) is 2.18. The van der Waals surface area contributed by atoms with Gasteiger partial charge in [0.1, 0.15) is 0 Å². The van der Waals surface area contributed by atoms with E-state index >= 15 is 0 Å². The van der Waals surface area contributed by atoms with E-state index in [2.05, 4.69) is 5.32 Å². The Kier molecular flexibility index (Phi) is 5.55. The van der Waals surface area contributed by atoms with Crippen LogP contribution in [-0.4, -0.2) is 56.1 Å². The maximum Gasteiger partial charge on any atom is 0.237 e. The molecule has 0 radical (unpaired) electrons. The summed E-state index contributed by atoms with van der Waals surface area (Å²) in [6.45, 7) is 5.44. The fraction of sp³-hybridized carbons (Fsp3) is 0.833. The average Bonchev–Trinajstić information content (AvgIpc) is 2.73. The summed E-state index contributed by atoms with van der Waals surface area (Å²) in [5.41, 5.74) is 5.19. The Morgan fingerprint density at radius 2 is 2.11 bits per heavy atom. The number of primary amides is 1. The molecule has 1 fully saturated rings. The quantitative estimate of drug-likeness (QED) is 0.652. The second-order valence-corrected chi connectivity index (χ2v) is 5.12. The molecule has 18 heavy (non-hydrogen) atoms. The first kappa shape index (κ1) is 14.9. The molecule has 0 aliphatic carbocycles. The molecule has 0 bridgehead atoms. The number of likely N-dealkylation sites (N-methyl/N-ethyl adjacent to an activating group) is 1. The van der Waals surface area contributed by atoms with Crippen LogP contribution in [0.5, 0.6) is 0 Å². The van der Waals surface area contributed by atoms with Crippen LogP contribution in [0.3, 0.4) is 0 Å². The Bertz CT molecular complexity index is 307. The van der Waals surface area contributed by atoms with Crippen molar-refractivity contribution in [2.24, 2.45) is 17.6 Å². The van der Waals surface area contributed by atoms with Gasteiger partial charge in [-0.2, -0.15) is 0 Å². The summed E-state index contributed by atoms with van der Waals surface area (Å²) < 4.78 is 5.32. The number of nitrogens with zero attached hydrogens (tertiary/aromatic N) is 1. The third-order valence-corrected chi connectivity index (χ3v) is 3.01. The van der Waals surface area contributed by atoms with E-state index in [0.717, 1.165) is 0 Å². The molecule has 0 aromatic heterocycles. The molecule has 6 heteroatoms. The summed E-state index contributed by atoms with van der Waals surface area (Å²) in [6.07, 6.45) is 0. The number of rotatable bonds is 6. The highest BCUT2D eigenvalue weighted by atomic mass is 16.5. The first-order valence-electron chi connectivity index (χ1n) is 6.27. The minimum absolute atomic E-state index is 0.0139. The normalized spacial score (nSPS) is 23.3. The number of nitrogens with one attached hydrogen (secondary N) is 1. The molecule has 104 valence electrons. The van der Waals surface area contributed by atoms with Crippen molar-refractivity contribution in [3.8, 4) is 0 Å².